The standard InChI is InChI=1S/C11H13FN2O2/c12-8-1-3-10(4-2-8)15-6-5-9-7-16-11(13)14-9/h1-4,9H,5-7H2,(H2,13,14). The number of benzene rings is 1. The van der Waals surface area contributed by atoms with Crippen LogP contribution in [0.15, 0.2) is 29.3 Å². The molecule has 2 N–H and O–H groups in total. The second-order valence-electron chi connectivity index (χ2n) is 3.52. The second-order valence-corrected chi connectivity index (χ2v) is 3.52. The van der Waals surface area contributed by atoms with E-state index in [-0.39, 0.29) is 17.9 Å². The number of hydrogen-bond donors (Lipinski definition) is 1. The monoisotopic (exact) mass is 224 g/mol. The Labute approximate surface area is 92.9 Å². The molecule has 1 aromatic carbocycles. The van der Waals surface area contributed by atoms with E-state index < -0.39 is 0 Å². The first kappa shape index (κ1) is 10.7. The van der Waals surface area contributed by atoms with Gasteiger partial charge < -0.3 is 15.2 Å². The average molecular weight is 224 g/mol. The lowest BCUT2D eigenvalue weighted by molar-refractivity contribution is 0.263. The van der Waals surface area contributed by atoms with Crippen molar-refractivity contribution in [3.05, 3.63) is 30.1 Å². The molecule has 0 amide bonds. The summed E-state index contributed by atoms with van der Waals surface area (Å²) in [6.45, 7) is 1.02. The Kier molecular flexibility index (Phi) is 3.24. The van der Waals surface area contributed by atoms with Gasteiger partial charge in [-0.1, -0.05) is 0 Å². The SMILES string of the molecule is NC1=NC(CCOc2ccc(F)cc2)CO1. The van der Waals surface area contributed by atoms with E-state index in [1.165, 1.54) is 12.1 Å². The van der Waals surface area contributed by atoms with E-state index in [4.69, 9.17) is 15.2 Å². The maximum atomic E-state index is 12.6. The summed E-state index contributed by atoms with van der Waals surface area (Å²) in [4.78, 5) is 4.07. The van der Waals surface area contributed by atoms with Crippen molar-refractivity contribution in [3.8, 4) is 5.75 Å². The van der Waals surface area contributed by atoms with E-state index in [0.717, 1.165) is 6.42 Å². The maximum absolute atomic E-state index is 12.6. The quantitative estimate of drug-likeness (QED) is 0.838. The van der Waals surface area contributed by atoms with E-state index in [1.54, 1.807) is 12.1 Å². The first-order valence-corrected chi connectivity index (χ1v) is 5.08. The average Bonchev–Trinajstić information content (AvgIpc) is 2.67. The summed E-state index contributed by atoms with van der Waals surface area (Å²) in [5.41, 5.74) is 5.37. The van der Waals surface area contributed by atoms with Crippen molar-refractivity contribution < 1.29 is 13.9 Å². The number of nitrogens with zero attached hydrogens (tertiary/aromatic N) is 1. The molecule has 86 valence electrons. The van der Waals surface area contributed by atoms with Gasteiger partial charge in [-0.25, -0.2) is 9.38 Å². The van der Waals surface area contributed by atoms with Crippen LogP contribution in [0.4, 0.5) is 4.39 Å². The molecule has 0 aromatic heterocycles. The highest BCUT2D eigenvalue weighted by Crippen LogP contribution is 2.13. The largest absolute Gasteiger partial charge is 0.494 e. The molecule has 0 bridgehead atoms. The topological polar surface area (TPSA) is 56.8 Å². The summed E-state index contributed by atoms with van der Waals surface area (Å²) in [7, 11) is 0. The van der Waals surface area contributed by atoms with Gasteiger partial charge in [0.05, 0.1) is 12.6 Å². The third kappa shape index (κ3) is 2.85. The highest BCUT2D eigenvalue weighted by Gasteiger charge is 2.16. The Morgan fingerprint density at radius 1 is 1.44 bits per heavy atom. The van der Waals surface area contributed by atoms with Crippen molar-refractivity contribution in [2.24, 2.45) is 10.7 Å². The van der Waals surface area contributed by atoms with E-state index in [2.05, 4.69) is 4.99 Å². The van der Waals surface area contributed by atoms with Gasteiger partial charge in [-0.05, 0) is 24.3 Å². The highest BCUT2D eigenvalue weighted by molar-refractivity contribution is 5.72. The fourth-order valence-corrected chi connectivity index (χ4v) is 1.43. The minimum atomic E-state index is -0.270. The first-order chi connectivity index (χ1) is 7.74. The van der Waals surface area contributed by atoms with Crippen molar-refractivity contribution in [1.29, 1.82) is 0 Å². The number of rotatable bonds is 4. The molecule has 4 nitrogen and oxygen atoms in total. The van der Waals surface area contributed by atoms with Gasteiger partial charge in [0.25, 0.3) is 6.02 Å². The Bertz CT molecular complexity index is 378. The summed E-state index contributed by atoms with van der Waals surface area (Å²) >= 11 is 0. The number of ether oxygens (including phenoxy) is 2. The third-order valence-corrected chi connectivity index (χ3v) is 2.27. The van der Waals surface area contributed by atoms with Gasteiger partial charge in [0.2, 0.25) is 0 Å². The molecule has 1 aliphatic rings. The molecule has 1 aliphatic heterocycles. The Hall–Kier alpha value is -1.78. The van der Waals surface area contributed by atoms with E-state index >= 15 is 0 Å². The fourth-order valence-electron chi connectivity index (χ4n) is 1.43. The molecule has 0 spiro atoms. The van der Waals surface area contributed by atoms with E-state index in [1.807, 2.05) is 0 Å². The van der Waals surface area contributed by atoms with Crippen LogP contribution in [0.1, 0.15) is 6.42 Å². The molecule has 16 heavy (non-hydrogen) atoms. The van der Waals surface area contributed by atoms with Crippen LogP contribution in [0.5, 0.6) is 5.75 Å². The molecule has 0 radical (unpaired) electrons. The second kappa shape index (κ2) is 4.83. The molecule has 0 saturated carbocycles. The number of amidine groups is 1. The van der Waals surface area contributed by atoms with Crippen molar-refractivity contribution >= 4 is 6.02 Å². The first-order valence-electron chi connectivity index (χ1n) is 5.08. The zero-order chi connectivity index (χ0) is 11.4. The van der Waals surface area contributed by atoms with Crippen LogP contribution in [-0.4, -0.2) is 25.3 Å². The van der Waals surface area contributed by atoms with Gasteiger partial charge >= 0.3 is 0 Å². The molecule has 0 saturated heterocycles. The number of hydrogen-bond acceptors (Lipinski definition) is 4. The predicted octanol–water partition coefficient (Wildman–Crippen LogP) is 1.31. The number of nitrogens with two attached hydrogens (primary N) is 1. The molecule has 1 aromatic rings. The van der Waals surface area contributed by atoms with Crippen LogP contribution in [0.2, 0.25) is 0 Å². The van der Waals surface area contributed by atoms with Gasteiger partial charge in [-0.2, -0.15) is 0 Å². The summed E-state index contributed by atoms with van der Waals surface area (Å²) in [6, 6.07) is 6.23. The van der Waals surface area contributed by atoms with Crippen molar-refractivity contribution in [3.63, 3.8) is 0 Å². The van der Waals surface area contributed by atoms with Gasteiger partial charge in [0.1, 0.15) is 18.2 Å². The van der Waals surface area contributed by atoms with Crippen LogP contribution in [0.3, 0.4) is 0 Å². The molecular weight excluding hydrogens is 211 g/mol. The Morgan fingerprint density at radius 3 is 2.81 bits per heavy atom. The van der Waals surface area contributed by atoms with Gasteiger partial charge in [-0.15, -0.1) is 0 Å². The van der Waals surface area contributed by atoms with Gasteiger partial charge in [0, 0.05) is 6.42 Å². The predicted molar refractivity (Wildman–Crippen MR) is 57.9 cm³/mol. The fraction of sp³-hybridized carbons (Fsp3) is 0.364. The summed E-state index contributed by atoms with van der Waals surface area (Å²) < 4.78 is 23.0. The molecule has 0 fully saturated rings. The minimum absolute atomic E-state index is 0.0699. The lowest BCUT2D eigenvalue weighted by Crippen LogP contribution is -2.12. The van der Waals surface area contributed by atoms with Crippen LogP contribution in [0.25, 0.3) is 0 Å². The van der Waals surface area contributed by atoms with Crippen LogP contribution >= 0.6 is 0 Å². The lowest BCUT2D eigenvalue weighted by atomic mass is 10.2. The van der Waals surface area contributed by atoms with Crippen LogP contribution in [-0.2, 0) is 4.74 Å². The van der Waals surface area contributed by atoms with Crippen molar-refractivity contribution in [1.82, 2.24) is 0 Å². The summed E-state index contributed by atoms with van der Waals surface area (Å²) in [5.74, 6) is 0.381. The molecule has 5 heteroatoms. The molecular formula is C11H13FN2O2. The zero-order valence-corrected chi connectivity index (χ0v) is 8.73. The number of halogens is 1. The van der Waals surface area contributed by atoms with Gasteiger partial charge in [-0.3, -0.25) is 0 Å². The number of aliphatic imine (C=N–C) groups is 1. The molecule has 2 rings (SSSR count). The molecule has 1 heterocycles. The highest BCUT2D eigenvalue weighted by atomic mass is 19.1. The summed E-state index contributed by atoms with van der Waals surface area (Å²) in [5, 5.41) is 0. The molecule has 0 aliphatic carbocycles. The summed E-state index contributed by atoms with van der Waals surface area (Å²) in [6.07, 6.45) is 0.734. The lowest BCUT2D eigenvalue weighted by Gasteiger charge is -2.07. The van der Waals surface area contributed by atoms with Crippen LogP contribution in [0, 0.1) is 5.82 Å². The van der Waals surface area contributed by atoms with Crippen molar-refractivity contribution in [2.75, 3.05) is 13.2 Å². The third-order valence-electron chi connectivity index (χ3n) is 2.27. The Balaban J connectivity index is 1.74. The van der Waals surface area contributed by atoms with Crippen molar-refractivity contribution in [2.45, 2.75) is 12.5 Å². The Morgan fingerprint density at radius 2 is 2.19 bits per heavy atom. The molecule has 1 atom stereocenters. The smallest absolute Gasteiger partial charge is 0.282 e. The minimum Gasteiger partial charge on any atom is -0.494 e. The zero-order valence-electron chi connectivity index (χ0n) is 8.73. The van der Waals surface area contributed by atoms with E-state index in [9.17, 15) is 4.39 Å². The van der Waals surface area contributed by atoms with Crippen LogP contribution < -0.4 is 10.5 Å². The molecule has 1 unspecified atom stereocenters. The maximum Gasteiger partial charge on any atom is 0.282 e. The van der Waals surface area contributed by atoms with E-state index in [0.29, 0.717) is 19.0 Å². The normalized spacial score (nSPS) is 19.1. The van der Waals surface area contributed by atoms with Gasteiger partial charge in [0.15, 0.2) is 0 Å².